The Labute approximate surface area is 96.0 Å². The van der Waals surface area contributed by atoms with Crippen molar-refractivity contribution in [3.05, 3.63) is 23.9 Å². The lowest BCUT2D eigenvalue weighted by Crippen LogP contribution is -2.19. The van der Waals surface area contributed by atoms with Crippen molar-refractivity contribution in [3.63, 3.8) is 0 Å². The summed E-state index contributed by atoms with van der Waals surface area (Å²) in [4.78, 5) is 4.28. The minimum Gasteiger partial charge on any atom is -0.472 e. The van der Waals surface area contributed by atoms with Crippen molar-refractivity contribution in [1.29, 1.82) is 0 Å². The predicted molar refractivity (Wildman–Crippen MR) is 61.5 cm³/mol. The fourth-order valence-corrected chi connectivity index (χ4v) is 1.69. The fraction of sp³-hybridized carbons (Fsp3) is 0.583. The van der Waals surface area contributed by atoms with Gasteiger partial charge in [-0.25, -0.2) is 4.98 Å². The van der Waals surface area contributed by atoms with Crippen LogP contribution in [0.25, 0.3) is 0 Å². The molecule has 16 heavy (non-hydrogen) atoms. The molecular weight excluding hydrogens is 204 g/mol. The van der Waals surface area contributed by atoms with Crippen molar-refractivity contribution < 1.29 is 9.47 Å². The second kappa shape index (κ2) is 5.82. The van der Waals surface area contributed by atoms with E-state index < -0.39 is 0 Å². The Bertz CT molecular complexity index is 325. The number of ether oxygens (including phenoxy) is 2. The van der Waals surface area contributed by atoms with E-state index in [1.54, 1.807) is 6.20 Å². The molecule has 1 aliphatic heterocycles. The number of pyridine rings is 1. The topological polar surface area (TPSA) is 43.4 Å². The number of nitrogens with one attached hydrogen (secondary N) is 1. The molecule has 2 rings (SSSR count). The van der Waals surface area contributed by atoms with Crippen molar-refractivity contribution in [1.82, 2.24) is 10.3 Å². The zero-order valence-electron chi connectivity index (χ0n) is 9.61. The summed E-state index contributed by atoms with van der Waals surface area (Å²) in [5, 5.41) is 3.28. The van der Waals surface area contributed by atoms with Crippen molar-refractivity contribution in [2.75, 3.05) is 19.8 Å². The van der Waals surface area contributed by atoms with Gasteiger partial charge in [0.15, 0.2) is 0 Å². The van der Waals surface area contributed by atoms with E-state index in [0.717, 1.165) is 37.6 Å². The van der Waals surface area contributed by atoms with E-state index in [2.05, 4.69) is 17.2 Å². The molecule has 1 aromatic rings. The van der Waals surface area contributed by atoms with Gasteiger partial charge in [-0.15, -0.1) is 0 Å². The average molecular weight is 222 g/mol. The van der Waals surface area contributed by atoms with Crippen LogP contribution in [0.5, 0.6) is 5.88 Å². The number of aromatic nitrogens is 1. The Morgan fingerprint density at radius 3 is 3.31 bits per heavy atom. The number of rotatable bonds is 5. The van der Waals surface area contributed by atoms with Crippen LogP contribution in [-0.4, -0.2) is 30.8 Å². The van der Waals surface area contributed by atoms with E-state index in [1.165, 1.54) is 0 Å². The van der Waals surface area contributed by atoms with Crippen molar-refractivity contribution in [3.8, 4) is 5.88 Å². The Balaban J connectivity index is 2.00. The summed E-state index contributed by atoms with van der Waals surface area (Å²) in [6, 6.07) is 3.98. The maximum Gasteiger partial charge on any atom is 0.218 e. The van der Waals surface area contributed by atoms with Crippen LogP contribution < -0.4 is 10.1 Å². The third-order valence-electron chi connectivity index (χ3n) is 2.58. The SMILES string of the molecule is CCNCc1cccnc1OC1CCOC1. The van der Waals surface area contributed by atoms with E-state index in [1.807, 2.05) is 12.1 Å². The molecule has 0 spiro atoms. The van der Waals surface area contributed by atoms with Gasteiger partial charge in [-0.2, -0.15) is 0 Å². The first-order valence-corrected chi connectivity index (χ1v) is 5.79. The van der Waals surface area contributed by atoms with Crippen molar-refractivity contribution in [2.24, 2.45) is 0 Å². The van der Waals surface area contributed by atoms with E-state index >= 15 is 0 Å². The number of hydrogen-bond donors (Lipinski definition) is 1. The summed E-state index contributed by atoms with van der Waals surface area (Å²) < 4.78 is 11.1. The molecule has 2 heterocycles. The second-order valence-corrected chi connectivity index (χ2v) is 3.85. The Morgan fingerprint density at radius 1 is 1.62 bits per heavy atom. The second-order valence-electron chi connectivity index (χ2n) is 3.85. The van der Waals surface area contributed by atoms with E-state index in [4.69, 9.17) is 9.47 Å². The molecule has 0 bridgehead atoms. The lowest BCUT2D eigenvalue weighted by molar-refractivity contribution is 0.137. The van der Waals surface area contributed by atoms with Crippen LogP contribution >= 0.6 is 0 Å². The number of hydrogen-bond acceptors (Lipinski definition) is 4. The minimum absolute atomic E-state index is 0.162. The highest BCUT2D eigenvalue weighted by Gasteiger charge is 2.18. The van der Waals surface area contributed by atoms with Crippen molar-refractivity contribution in [2.45, 2.75) is 26.0 Å². The van der Waals surface area contributed by atoms with Gasteiger partial charge in [0.05, 0.1) is 13.2 Å². The van der Waals surface area contributed by atoms with Gasteiger partial charge in [0.25, 0.3) is 0 Å². The summed E-state index contributed by atoms with van der Waals surface area (Å²) in [7, 11) is 0. The molecule has 1 atom stereocenters. The summed E-state index contributed by atoms with van der Waals surface area (Å²) in [5.74, 6) is 0.735. The maximum absolute atomic E-state index is 5.83. The lowest BCUT2D eigenvalue weighted by Gasteiger charge is -2.14. The molecule has 0 saturated carbocycles. The highest BCUT2D eigenvalue weighted by atomic mass is 16.5. The van der Waals surface area contributed by atoms with Crippen molar-refractivity contribution >= 4 is 0 Å². The minimum atomic E-state index is 0.162. The first-order valence-electron chi connectivity index (χ1n) is 5.79. The van der Waals surface area contributed by atoms with Crippen LogP contribution in [0.4, 0.5) is 0 Å². The highest BCUT2D eigenvalue weighted by molar-refractivity contribution is 5.25. The van der Waals surface area contributed by atoms with Gasteiger partial charge in [0.2, 0.25) is 5.88 Å². The molecule has 1 saturated heterocycles. The van der Waals surface area contributed by atoms with E-state index in [9.17, 15) is 0 Å². The van der Waals surface area contributed by atoms with Gasteiger partial charge in [0.1, 0.15) is 6.10 Å². The zero-order valence-corrected chi connectivity index (χ0v) is 9.61. The monoisotopic (exact) mass is 222 g/mol. The molecule has 1 aliphatic rings. The van der Waals surface area contributed by atoms with Crippen LogP contribution in [0.15, 0.2) is 18.3 Å². The smallest absolute Gasteiger partial charge is 0.218 e. The molecule has 1 N–H and O–H groups in total. The largest absolute Gasteiger partial charge is 0.472 e. The van der Waals surface area contributed by atoms with Gasteiger partial charge >= 0.3 is 0 Å². The Hall–Kier alpha value is -1.13. The fourth-order valence-electron chi connectivity index (χ4n) is 1.69. The third-order valence-corrected chi connectivity index (χ3v) is 2.58. The summed E-state index contributed by atoms with van der Waals surface area (Å²) in [6.07, 6.45) is 2.88. The summed E-state index contributed by atoms with van der Waals surface area (Å²) >= 11 is 0. The summed E-state index contributed by atoms with van der Waals surface area (Å²) in [6.45, 7) is 5.30. The molecule has 1 aromatic heterocycles. The molecule has 4 nitrogen and oxygen atoms in total. The normalized spacial score (nSPS) is 19.9. The van der Waals surface area contributed by atoms with Gasteiger partial charge in [-0.05, 0) is 12.6 Å². The molecular formula is C12H18N2O2. The van der Waals surface area contributed by atoms with E-state index in [0.29, 0.717) is 6.61 Å². The molecule has 4 heteroatoms. The van der Waals surface area contributed by atoms with E-state index in [-0.39, 0.29) is 6.10 Å². The van der Waals surface area contributed by atoms with Crippen LogP contribution in [0.1, 0.15) is 18.9 Å². The molecule has 0 aromatic carbocycles. The molecule has 0 amide bonds. The third kappa shape index (κ3) is 2.93. The first kappa shape index (κ1) is 11.4. The van der Waals surface area contributed by atoms with Gasteiger partial charge in [0, 0.05) is 24.7 Å². The van der Waals surface area contributed by atoms with Gasteiger partial charge < -0.3 is 14.8 Å². The highest BCUT2D eigenvalue weighted by Crippen LogP contribution is 2.18. The standard InChI is InChI=1S/C12H18N2O2/c1-2-13-8-10-4-3-6-14-12(10)16-11-5-7-15-9-11/h3-4,6,11,13H,2,5,7-9H2,1H3. The first-order chi connectivity index (χ1) is 7.90. The lowest BCUT2D eigenvalue weighted by atomic mass is 10.2. The number of nitrogens with zero attached hydrogens (tertiary/aromatic N) is 1. The van der Waals surface area contributed by atoms with Crippen LogP contribution in [0.3, 0.4) is 0 Å². The molecule has 1 unspecified atom stereocenters. The van der Waals surface area contributed by atoms with Crippen LogP contribution in [0.2, 0.25) is 0 Å². The zero-order chi connectivity index (χ0) is 11.2. The molecule has 0 radical (unpaired) electrons. The Morgan fingerprint density at radius 2 is 2.56 bits per heavy atom. The van der Waals surface area contributed by atoms with Crippen LogP contribution in [0, 0.1) is 0 Å². The van der Waals surface area contributed by atoms with Gasteiger partial charge in [-0.1, -0.05) is 13.0 Å². The Kier molecular flexibility index (Phi) is 4.13. The summed E-state index contributed by atoms with van der Waals surface area (Å²) in [5.41, 5.74) is 1.11. The molecule has 88 valence electrons. The average Bonchev–Trinajstić information content (AvgIpc) is 2.81. The quantitative estimate of drug-likeness (QED) is 0.817. The molecule has 0 aliphatic carbocycles. The predicted octanol–water partition coefficient (Wildman–Crippen LogP) is 1.36. The van der Waals surface area contributed by atoms with Gasteiger partial charge in [-0.3, -0.25) is 0 Å². The van der Waals surface area contributed by atoms with Crippen LogP contribution in [-0.2, 0) is 11.3 Å². The molecule has 1 fully saturated rings. The maximum atomic E-state index is 5.83.